The highest BCUT2D eigenvalue weighted by molar-refractivity contribution is 5.99. The maximum atomic E-state index is 12.9. The Hall–Kier alpha value is -3.67. The van der Waals surface area contributed by atoms with Crippen LogP contribution in [0.5, 0.6) is 5.75 Å². The second-order valence-corrected chi connectivity index (χ2v) is 7.71. The minimum Gasteiger partial charge on any atom is -0.496 e. The molecular weight excluding hydrogens is 388 g/mol. The van der Waals surface area contributed by atoms with Gasteiger partial charge < -0.3 is 10.1 Å². The van der Waals surface area contributed by atoms with Gasteiger partial charge in [0.1, 0.15) is 11.3 Å². The standard InChI is InChI=1S/C25H26N4O2/c1-16-9-11-19(12-10-16)13-21-17(2)28-24-22(15-27-29(24)18(21)3)25(30)26-14-20-7-5-6-8-23(20)31-4/h5-12,15H,13-14H2,1-4H3,(H,26,30). The van der Waals surface area contributed by atoms with E-state index in [0.717, 1.165) is 34.7 Å². The average molecular weight is 415 g/mol. The molecule has 0 unspecified atom stereocenters. The fraction of sp³-hybridized carbons (Fsp3) is 0.240. The summed E-state index contributed by atoms with van der Waals surface area (Å²) in [6, 6.07) is 16.1. The number of aromatic nitrogens is 3. The number of nitrogens with one attached hydrogen (secondary N) is 1. The molecule has 0 saturated heterocycles. The summed E-state index contributed by atoms with van der Waals surface area (Å²) in [6.07, 6.45) is 2.36. The molecule has 0 spiro atoms. The average Bonchev–Trinajstić information content (AvgIpc) is 3.20. The molecule has 0 bridgehead atoms. The first-order valence-corrected chi connectivity index (χ1v) is 10.3. The molecule has 4 rings (SSSR count). The van der Waals surface area contributed by atoms with Gasteiger partial charge in [-0.05, 0) is 38.0 Å². The van der Waals surface area contributed by atoms with Crippen LogP contribution >= 0.6 is 0 Å². The summed E-state index contributed by atoms with van der Waals surface area (Å²) in [5.74, 6) is 0.534. The third-order valence-electron chi connectivity index (χ3n) is 5.59. The predicted molar refractivity (Wildman–Crippen MR) is 121 cm³/mol. The van der Waals surface area contributed by atoms with Crippen LogP contribution in [0.4, 0.5) is 0 Å². The Balaban J connectivity index is 1.60. The molecule has 0 aliphatic heterocycles. The molecule has 6 heteroatoms. The predicted octanol–water partition coefficient (Wildman–Crippen LogP) is 4.18. The van der Waals surface area contributed by atoms with Gasteiger partial charge in [0.15, 0.2) is 5.65 Å². The van der Waals surface area contributed by atoms with Crippen LogP contribution in [0, 0.1) is 20.8 Å². The van der Waals surface area contributed by atoms with Crippen LogP contribution in [-0.4, -0.2) is 27.6 Å². The minimum atomic E-state index is -0.210. The lowest BCUT2D eigenvalue weighted by atomic mass is 10.0. The molecule has 1 N–H and O–H groups in total. The van der Waals surface area contributed by atoms with Gasteiger partial charge in [0, 0.05) is 29.9 Å². The number of ether oxygens (including phenoxy) is 1. The van der Waals surface area contributed by atoms with Crippen LogP contribution in [0.15, 0.2) is 54.7 Å². The van der Waals surface area contributed by atoms with Crippen molar-refractivity contribution < 1.29 is 9.53 Å². The molecule has 0 fully saturated rings. The number of benzene rings is 2. The Labute approximate surface area is 181 Å². The van der Waals surface area contributed by atoms with E-state index in [0.29, 0.717) is 17.8 Å². The summed E-state index contributed by atoms with van der Waals surface area (Å²) in [7, 11) is 1.62. The van der Waals surface area contributed by atoms with Crippen molar-refractivity contribution in [2.75, 3.05) is 7.11 Å². The molecule has 0 radical (unpaired) electrons. The normalized spacial score (nSPS) is 11.0. The summed E-state index contributed by atoms with van der Waals surface area (Å²) < 4.78 is 7.12. The quantitative estimate of drug-likeness (QED) is 0.514. The van der Waals surface area contributed by atoms with E-state index < -0.39 is 0 Å². The van der Waals surface area contributed by atoms with E-state index in [-0.39, 0.29) is 5.91 Å². The number of fused-ring (bicyclic) bond motifs is 1. The smallest absolute Gasteiger partial charge is 0.257 e. The number of rotatable bonds is 6. The van der Waals surface area contributed by atoms with Gasteiger partial charge in [0.2, 0.25) is 0 Å². The topological polar surface area (TPSA) is 68.5 Å². The summed E-state index contributed by atoms with van der Waals surface area (Å²) in [6.45, 7) is 6.45. The van der Waals surface area contributed by atoms with E-state index in [1.807, 2.05) is 38.1 Å². The largest absolute Gasteiger partial charge is 0.496 e. The molecule has 158 valence electrons. The molecule has 0 atom stereocenters. The van der Waals surface area contributed by atoms with Crippen LogP contribution in [0.25, 0.3) is 5.65 Å². The lowest BCUT2D eigenvalue weighted by molar-refractivity contribution is 0.0952. The third kappa shape index (κ3) is 4.14. The van der Waals surface area contributed by atoms with Gasteiger partial charge in [0.25, 0.3) is 5.91 Å². The molecule has 0 saturated carbocycles. The Kier molecular flexibility index (Phi) is 5.71. The van der Waals surface area contributed by atoms with Crippen LogP contribution in [0.2, 0.25) is 0 Å². The molecular formula is C25H26N4O2. The van der Waals surface area contributed by atoms with Crippen molar-refractivity contribution >= 4 is 11.6 Å². The first kappa shape index (κ1) is 20.6. The molecule has 2 aromatic heterocycles. The number of hydrogen-bond acceptors (Lipinski definition) is 4. The van der Waals surface area contributed by atoms with Crippen molar-refractivity contribution in [1.29, 1.82) is 0 Å². The zero-order valence-corrected chi connectivity index (χ0v) is 18.3. The van der Waals surface area contributed by atoms with Crippen molar-refractivity contribution in [3.8, 4) is 5.75 Å². The molecule has 1 amide bonds. The Morgan fingerprint density at radius 2 is 1.81 bits per heavy atom. The summed E-state index contributed by atoms with van der Waals surface area (Å²) in [4.78, 5) is 17.6. The number of aryl methyl sites for hydroxylation is 3. The molecule has 6 nitrogen and oxygen atoms in total. The maximum Gasteiger partial charge on any atom is 0.257 e. The summed E-state index contributed by atoms with van der Waals surface area (Å²) >= 11 is 0. The van der Waals surface area contributed by atoms with E-state index in [9.17, 15) is 4.79 Å². The van der Waals surface area contributed by atoms with Gasteiger partial charge >= 0.3 is 0 Å². The van der Waals surface area contributed by atoms with E-state index in [2.05, 4.69) is 41.6 Å². The first-order chi connectivity index (χ1) is 15.0. The number of carbonyl (C=O) groups is 1. The summed E-state index contributed by atoms with van der Waals surface area (Å²) in [5, 5.41) is 7.41. The minimum absolute atomic E-state index is 0.210. The monoisotopic (exact) mass is 414 g/mol. The van der Waals surface area contributed by atoms with Crippen LogP contribution in [0.1, 0.15) is 44.0 Å². The molecule has 2 heterocycles. The van der Waals surface area contributed by atoms with E-state index in [4.69, 9.17) is 9.72 Å². The van der Waals surface area contributed by atoms with Gasteiger partial charge in [-0.2, -0.15) is 5.10 Å². The van der Waals surface area contributed by atoms with Gasteiger partial charge in [0.05, 0.1) is 13.3 Å². The molecule has 0 aliphatic carbocycles. The number of methoxy groups -OCH3 is 1. The first-order valence-electron chi connectivity index (χ1n) is 10.3. The van der Waals surface area contributed by atoms with E-state index in [1.165, 1.54) is 11.1 Å². The zero-order chi connectivity index (χ0) is 22.0. The van der Waals surface area contributed by atoms with E-state index in [1.54, 1.807) is 17.8 Å². The van der Waals surface area contributed by atoms with Crippen molar-refractivity contribution in [1.82, 2.24) is 19.9 Å². The number of para-hydroxylation sites is 1. The molecule has 0 aliphatic rings. The van der Waals surface area contributed by atoms with Gasteiger partial charge in [-0.1, -0.05) is 48.0 Å². The fourth-order valence-electron chi connectivity index (χ4n) is 3.76. The van der Waals surface area contributed by atoms with Crippen LogP contribution < -0.4 is 10.1 Å². The molecule has 2 aromatic carbocycles. The number of amides is 1. The zero-order valence-electron chi connectivity index (χ0n) is 18.3. The second-order valence-electron chi connectivity index (χ2n) is 7.71. The van der Waals surface area contributed by atoms with Gasteiger partial charge in [-0.15, -0.1) is 0 Å². The lowest BCUT2D eigenvalue weighted by Crippen LogP contribution is -2.23. The Morgan fingerprint density at radius 3 is 2.55 bits per heavy atom. The van der Waals surface area contributed by atoms with Crippen molar-refractivity contribution in [2.24, 2.45) is 0 Å². The van der Waals surface area contributed by atoms with Crippen molar-refractivity contribution in [3.63, 3.8) is 0 Å². The van der Waals surface area contributed by atoms with Crippen LogP contribution in [-0.2, 0) is 13.0 Å². The second kappa shape index (κ2) is 8.60. The number of hydrogen-bond donors (Lipinski definition) is 1. The molecule has 4 aromatic rings. The van der Waals surface area contributed by atoms with Crippen LogP contribution in [0.3, 0.4) is 0 Å². The Bertz CT molecular complexity index is 1240. The van der Waals surface area contributed by atoms with Gasteiger partial charge in [-0.25, -0.2) is 9.50 Å². The SMILES string of the molecule is COc1ccccc1CNC(=O)c1cnn2c(C)c(Cc3ccc(C)cc3)c(C)nc12. The van der Waals surface area contributed by atoms with Gasteiger partial charge in [-0.3, -0.25) is 4.79 Å². The highest BCUT2D eigenvalue weighted by Gasteiger charge is 2.18. The fourth-order valence-corrected chi connectivity index (χ4v) is 3.76. The maximum absolute atomic E-state index is 12.9. The molecule has 31 heavy (non-hydrogen) atoms. The number of nitrogens with zero attached hydrogens (tertiary/aromatic N) is 3. The number of carbonyl (C=O) groups excluding carboxylic acids is 1. The van der Waals surface area contributed by atoms with Crippen molar-refractivity contribution in [3.05, 3.63) is 93.9 Å². The summed E-state index contributed by atoms with van der Waals surface area (Å²) in [5.41, 5.74) is 7.43. The Morgan fingerprint density at radius 1 is 1.06 bits per heavy atom. The third-order valence-corrected chi connectivity index (χ3v) is 5.59. The van der Waals surface area contributed by atoms with E-state index >= 15 is 0 Å². The highest BCUT2D eigenvalue weighted by atomic mass is 16.5. The highest BCUT2D eigenvalue weighted by Crippen LogP contribution is 2.21. The van der Waals surface area contributed by atoms with Crippen molar-refractivity contribution in [2.45, 2.75) is 33.7 Å². The lowest BCUT2D eigenvalue weighted by Gasteiger charge is -2.12.